The molecular formula is C16H18N2O3. The molecule has 0 N–H and O–H groups in total. The molecule has 1 atom stereocenters. The summed E-state index contributed by atoms with van der Waals surface area (Å²) in [6, 6.07) is 10.4. The second-order valence-electron chi connectivity index (χ2n) is 5.42. The third kappa shape index (κ3) is 2.63. The Balaban J connectivity index is 1.91. The molecule has 1 saturated heterocycles. The van der Waals surface area contributed by atoms with E-state index in [1.807, 2.05) is 37.3 Å². The van der Waals surface area contributed by atoms with E-state index in [-0.39, 0.29) is 12.1 Å². The number of likely N-dealkylation sites (tertiary alicyclic amines) is 1. The van der Waals surface area contributed by atoms with E-state index >= 15 is 0 Å². The minimum absolute atomic E-state index is 0.142. The molecule has 2 aromatic rings. The van der Waals surface area contributed by atoms with E-state index in [0.717, 1.165) is 29.6 Å². The van der Waals surface area contributed by atoms with Crippen molar-refractivity contribution in [2.45, 2.75) is 32.2 Å². The van der Waals surface area contributed by atoms with Gasteiger partial charge in [-0.3, -0.25) is 4.79 Å². The molecule has 1 aliphatic heterocycles. The van der Waals surface area contributed by atoms with Crippen LogP contribution >= 0.6 is 0 Å². The molecule has 1 unspecified atom stereocenters. The van der Waals surface area contributed by atoms with Crippen LogP contribution in [0.4, 0.5) is 4.79 Å². The van der Waals surface area contributed by atoms with Gasteiger partial charge in [0.2, 0.25) is 0 Å². The highest BCUT2D eigenvalue weighted by molar-refractivity contribution is 5.76. The molecule has 5 nitrogen and oxygen atoms in total. The zero-order valence-corrected chi connectivity index (χ0v) is 12.0. The molecule has 2 heterocycles. The Labute approximate surface area is 122 Å². The number of carbonyl (C=O) groups excluding carboxylic acids is 1. The molecule has 1 fully saturated rings. The Hall–Kier alpha value is -2.30. The van der Waals surface area contributed by atoms with Crippen LogP contribution in [-0.4, -0.2) is 28.3 Å². The minimum Gasteiger partial charge on any atom is -0.366 e. The molecular weight excluding hydrogens is 268 g/mol. The fourth-order valence-corrected chi connectivity index (χ4v) is 2.71. The summed E-state index contributed by atoms with van der Waals surface area (Å²) >= 11 is 0. The normalized spacial score (nSPS) is 18.7. The number of aromatic nitrogens is 1. The van der Waals surface area contributed by atoms with Crippen molar-refractivity contribution in [3.05, 3.63) is 46.8 Å². The minimum atomic E-state index is -0.420. The molecule has 1 aliphatic rings. The zero-order chi connectivity index (χ0) is 14.8. The van der Waals surface area contributed by atoms with E-state index in [4.69, 9.17) is 4.52 Å². The number of hydrogen-bond donors (Lipinski definition) is 0. The summed E-state index contributed by atoms with van der Waals surface area (Å²) in [5.74, 6) is 0.415. The lowest BCUT2D eigenvalue weighted by Crippen LogP contribution is -2.46. The highest BCUT2D eigenvalue weighted by Crippen LogP contribution is 2.20. The number of nitrogens with zero attached hydrogens (tertiary/aromatic N) is 2. The number of amides is 1. The summed E-state index contributed by atoms with van der Waals surface area (Å²) in [7, 11) is 0. The van der Waals surface area contributed by atoms with Crippen LogP contribution in [0.5, 0.6) is 0 Å². The highest BCUT2D eigenvalue weighted by atomic mass is 16.5. The smallest absolute Gasteiger partial charge is 0.361 e. The van der Waals surface area contributed by atoms with Crippen LogP contribution in [0.15, 0.2) is 45.7 Å². The van der Waals surface area contributed by atoms with E-state index < -0.39 is 5.56 Å². The predicted molar refractivity (Wildman–Crippen MR) is 79.2 cm³/mol. The Morgan fingerprint density at radius 2 is 2.00 bits per heavy atom. The van der Waals surface area contributed by atoms with Crippen LogP contribution in [-0.2, 0) is 0 Å². The van der Waals surface area contributed by atoms with E-state index in [1.165, 1.54) is 6.07 Å². The lowest BCUT2D eigenvalue weighted by molar-refractivity contribution is 0.135. The van der Waals surface area contributed by atoms with Gasteiger partial charge in [-0.25, -0.2) is 4.79 Å². The molecule has 5 heteroatoms. The molecule has 1 amide bonds. The number of rotatable bonds is 1. The van der Waals surface area contributed by atoms with Crippen LogP contribution in [0.1, 0.15) is 26.2 Å². The van der Waals surface area contributed by atoms with Gasteiger partial charge < -0.3 is 9.42 Å². The Bertz CT molecular complexity index is 687. The third-order valence-corrected chi connectivity index (χ3v) is 3.93. The van der Waals surface area contributed by atoms with Gasteiger partial charge in [0, 0.05) is 18.2 Å². The standard InChI is InChI=1S/C16H18N2O3/c1-12-7-5-6-10-17(12)16(20)18-15(19)11-14(21-18)13-8-3-2-4-9-13/h2-4,8-9,11-12H,5-7,10H2,1H3. The van der Waals surface area contributed by atoms with Gasteiger partial charge in [-0.05, 0) is 26.2 Å². The second kappa shape index (κ2) is 5.60. The molecule has 21 heavy (non-hydrogen) atoms. The van der Waals surface area contributed by atoms with Gasteiger partial charge in [-0.15, -0.1) is 0 Å². The van der Waals surface area contributed by atoms with Crippen molar-refractivity contribution in [1.29, 1.82) is 0 Å². The van der Waals surface area contributed by atoms with E-state index in [9.17, 15) is 9.59 Å². The number of benzene rings is 1. The zero-order valence-electron chi connectivity index (χ0n) is 12.0. The Kier molecular flexibility index (Phi) is 3.64. The summed E-state index contributed by atoms with van der Waals surface area (Å²) in [4.78, 5) is 26.2. The van der Waals surface area contributed by atoms with Crippen molar-refractivity contribution in [2.75, 3.05) is 6.54 Å². The molecule has 0 aliphatic carbocycles. The van der Waals surface area contributed by atoms with Crippen LogP contribution in [0, 0.1) is 0 Å². The number of hydrogen-bond acceptors (Lipinski definition) is 3. The van der Waals surface area contributed by atoms with Gasteiger partial charge in [0.25, 0.3) is 5.56 Å². The lowest BCUT2D eigenvalue weighted by Gasteiger charge is -2.32. The van der Waals surface area contributed by atoms with Crippen LogP contribution in [0.3, 0.4) is 0 Å². The molecule has 0 saturated carbocycles. The maximum absolute atomic E-state index is 12.5. The van der Waals surface area contributed by atoms with Gasteiger partial charge in [0.1, 0.15) is 0 Å². The fraction of sp³-hybridized carbons (Fsp3) is 0.375. The summed E-state index contributed by atoms with van der Waals surface area (Å²) < 4.78 is 6.34. The van der Waals surface area contributed by atoms with Gasteiger partial charge in [0.15, 0.2) is 5.76 Å². The highest BCUT2D eigenvalue weighted by Gasteiger charge is 2.27. The van der Waals surface area contributed by atoms with Gasteiger partial charge in [-0.2, -0.15) is 0 Å². The summed E-state index contributed by atoms with van der Waals surface area (Å²) in [6.07, 6.45) is 3.05. The first kappa shape index (κ1) is 13.7. The van der Waals surface area contributed by atoms with E-state index in [1.54, 1.807) is 4.90 Å². The maximum Gasteiger partial charge on any atom is 0.361 e. The van der Waals surface area contributed by atoms with E-state index in [2.05, 4.69) is 0 Å². The molecule has 3 rings (SSSR count). The summed E-state index contributed by atoms with van der Waals surface area (Å²) in [5.41, 5.74) is 0.365. The quantitative estimate of drug-likeness (QED) is 0.810. The van der Waals surface area contributed by atoms with Crippen molar-refractivity contribution in [3.8, 4) is 11.3 Å². The van der Waals surface area contributed by atoms with Gasteiger partial charge in [-0.1, -0.05) is 35.1 Å². The molecule has 0 bridgehead atoms. The van der Waals surface area contributed by atoms with Crippen molar-refractivity contribution in [3.63, 3.8) is 0 Å². The first-order valence-electron chi connectivity index (χ1n) is 7.26. The largest absolute Gasteiger partial charge is 0.366 e. The topological polar surface area (TPSA) is 55.5 Å². The molecule has 110 valence electrons. The Morgan fingerprint density at radius 3 is 2.71 bits per heavy atom. The second-order valence-corrected chi connectivity index (χ2v) is 5.42. The van der Waals surface area contributed by atoms with Gasteiger partial charge in [0.05, 0.1) is 6.07 Å². The monoisotopic (exact) mass is 286 g/mol. The molecule has 0 radical (unpaired) electrons. The first-order valence-corrected chi connectivity index (χ1v) is 7.26. The first-order chi connectivity index (χ1) is 10.2. The van der Waals surface area contributed by atoms with Crippen molar-refractivity contribution >= 4 is 6.03 Å². The predicted octanol–water partition coefficient (Wildman–Crippen LogP) is 2.95. The van der Waals surface area contributed by atoms with Crippen LogP contribution < -0.4 is 5.56 Å². The van der Waals surface area contributed by atoms with E-state index in [0.29, 0.717) is 12.3 Å². The van der Waals surface area contributed by atoms with Crippen molar-refractivity contribution in [2.24, 2.45) is 0 Å². The summed E-state index contributed by atoms with van der Waals surface area (Å²) in [6.45, 7) is 2.68. The average molecular weight is 286 g/mol. The summed E-state index contributed by atoms with van der Waals surface area (Å²) in [5, 5.41) is 0. The Morgan fingerprint density at radius 1 is 1.24 bits per heavy atom. The SMILES string of the molecule is CC1CCCCN1C(=O)n1oc(-c2ccccc2)cc1=O. The molecule has 0 spiro atoms. The maximum atomic E-state index is 12.5. The number of carbonyl (C=O) groups is 1. The van der Waals surface area contributed by atoms with Gasteiger partial charge >= 0.3 is 6.03 Å². The van der Waals surface area contributed by atoms with Crippen molar-refractivity contribution < 1.29 is 9.32 Å². The molecule has 1 aromatic heterocycles. The average Bonchev–Trinajstić information content (AvgIpc) is 2.90. The van der Waals surface area contributed by atoms with Crippen LogP contribution in [0.2, 0.25) is 0 Å². The lowest BCUT2D eigenvalue weighted by atomic mass is 10.0. The number of piperidine rings is 1. The van der Waals surface area contributed by atoms with Crippen LogP contribution in [0.25, 0.3) is 11.3 Å². The molecule has 1 aromatic carbocycles. The van der Waals surface area contributed by atoms with Crippen molar-refractivity contribution in [1.82, 2.24) is 9.64 Å². The third-order valence-electron chi connectivity index (χ3n) is 3.93. The fourth-order valence-electron chi connectivity index (χ4n) is 2.71.